The van der Waals surface area contributed by atoms with Crippen molar-refractivity contribution in [2.24, 2.45) is 0 Å². The summed E-state index contributed by atoms with van der Waals surface area (Å²) in [5, 5.41) is 18.2. The summed E-state index contributed by atoms with van der Waals surface area (Å²) in [6.07, 6.45) is -0.453. The Morgan fingerprint density at radius 2 is 1.33 bits per heavy atom. The predicted molar refractivity (Wildman–Crippen MR) is 42.1 cm³/mol. The zero-order valence-electron chi connectivity index (χ0n) is 4.67. The van der Waals surface area contributed by atoms with Gasteiger partial charge in [0.05, 0.1) is 12.2 Å². The van der Waals surface area contributed by atoms with Gasteiger partial charge >= 0.3 is 0 Å². The van der Waals surface area contributed by atoms with Gasteiger partial charge in [-0.15, -0.1) is 0 Å². The SMILES string of the molecule is OC1C(Br)CC(Br)C1O. The maximum Gasteiger partial charge on any atom is 0.0935 e. The molecule has 2 N–H and O–H groups in total. The highest BCUT2D eigenvalue weighted by atomic mass is 79.9. The van der Waals surface area contributed by atoms with Gasteiger partial charge < -0.3 is 10.2 Å². The van der Waals surface area contributed by atoms with Gasteiger partial charge in [0.1, 0.15) is 0 Å². The lowest BCUT2D eigenvalue weighted by molar-refractivity contribution is 0.0503. The van der Waals surface area contributed by atoms with E-state index in [-0.39, 0.29) is 9.65 Å². The van der Waals surface area contributed by atoms with Gasteiger partial charge in [-0.3, -0.25) is 0 Å². The molecule has 1 aliphatic carbocycles. The van der Waals surface area contributed by atoms with Gasteiger partial charge in [-0.05, 0) is 6.42 Å². The monoisotopic (exact) mass is 258 g/mol. The number of hydrogen-bond acceptors (Lipinski definition) is 2. The van der Waals surface area contributed by atoms with E-state index < -0.39 is 12.2 Å². The zero-order valence-corrected chi connectivity index (χ0v) is 7.84. The summed E-state index contributed by atoms with van der Waals surface area (Å²) in [5.41, 5.74) is 0. The third-order valence-corrected chi connectivity index (χ3v) is 3.37. The van der Waals surface area contributed by atoms with Crippen LogP contribution < -0.4 is 0 Å². The number of aliphatic hydroxyl groups is 2. The molecule has 0 radical (unpaired) electrons. The molecule has 1 fully saturated rings. The van der Waals surface area contributed by atoms with Gasteiger partial charge in [-0.2, -0.15) is 0 Å². The van der Waals surface area contributed by atoms with E-state index in [1.54, 1.807) is 0 Å². The van der Waals surface area contributed by atoms with E-state index in [0.717, 1.165) is 6.42 Å². The third-order valence-electron chi connectivity index (χ3n) is 1.54. The first-order valence-corrected chi connectivity index (χ1v) is 4.60. The predicted octanol–water partition coefficient (Wildman–Crippen LogP) is 0.639. The van der Waals surface area contributed by atoms with Crippen LogP contribution in [0.4, 0.5) is 0 Å². The Hall–Kier alpha value is 0.880. The van der Waals surface area contributed by atoms with Crippen molar-refractivity contribution in [3.05, 3.63) is 0 Å². The molecule has 9 heavy (non-hydrogen) atoms. The van der Waals surface area contributed by atoms with Gasteiger partial charge in [-0.25, -0.2) is 0 Å². The van der Waals surface area contributed by atoms with Crippen LogP contribution >= 0.6 is 31.9 Å². The molecule has 1 rings (SSSR count). The normalized spacial score (nSPS) is 52.0. The van der Waals surface area contributed by atoms with Crippen molar-refractivity contribution in [2.75, 3.05) is 0 Å². The molecule has 0 amide bonds. The van der Waals surface area contributed by atoms with E-state index in [2.05, 4.69) is 31.9 Å². The molecule has 54 valence electrons. The molecule has 4 atom stereocenters. The van der Waals surface area contributed by atoms with Crippen molar-refractivity contribution < 1.29 is 10.2 Å². The number of aliphatic hydroxyl groups excluding tert-OH is 2. The lowest BCUT2D eigenvalue weighted by Gasteiger charge is -2.10. The molecule has 0 aromatic heterocycles. The van der Waals surface area contributed by atoms with Crippen molar-refractivity contribution in [1.82, 2.24) is 0 Å². The largest absolute Gasteiger partial charge is 0.389 e. The number of rotatable bonds is 0. The van der Waals surface area contributed by atoms with Crippen molar-refractivity contribution >= 4 is 31.9 Å². The second kappa shape index (κ2) is 2.86. The maximum atomic E-state index is 9.11. The molecule has 4 heteroatoms. The number of hydrogen-bond donors (Lipinski definition) is 2. The smallest absolute Gasteiger partial charge is 0.0935 e. The molecular formula is C5H8Br2O2. The zero-order chi connectivity index (χ0) is 7.02. The molecule has 0 aromatic rings. The van der Waals surface area contributed by atoms with Gasteiger partial charge in [0.15, 0.2) is 0 Å². The van der Waals surface area contributed by atoms with Crippen LogP contribution in [0, 0.1) is 0 Å². The molecule has 0 spiro atoms. The standard InChI is InChI=1S/C5H8Br2O2/c6-2-1-3(7)5(9)4(2)8/h2-5,8-9H,1H2. The molecule has 4 unspecified atom stereocenters. The Morgan fingerprint density at radius 3 is 1.44 bits per heavy atom. The first kappa shape index (κ1) is 7.98. The van der Waals surface area contributed by atoms with Crippen molar-refractivity contribution in [3.63, 3.8) is 0 Å². The molecular weight excluding hydrogens is 252 g/mol. The average molecular weight is 260 g/mol. The van der Waals surface area contributed by atoms with Gasteiger partial charge in [-0.1, -0.05) is 31.9 Å². The molecule has 2 nitrogen and oxygen atoms in total. The van der Waals surface area contributed by atoms with Crippen molar-refractivity contribution in [2.45, 2.75) is 28.3 Å². The fourth-order valence-electron chi connectivity index (χ4n) is 0.922. The number of alkyl halides is 2. The van der Waals surface area contributed by atoms with Crippen molar-refractivity contribution in [1.29, 1.82) is 0 Å². The highest BCUT2D eigenvalue weighted by Crippen LogP contribution is 2.31. The van der Waals surface area contributed by atoms with Gasteiger partial charge in [0, 0.05) is 9.65 Å². The van der Waals surface area contributed by atoms with Gasteiger partial charge in [0.25, 0.3) is 0 Å². The quantitative estimate of drug-likeness (QED) is 0.627. The van der Waals surface area contributed by atoms with E-state index in [1.165, 1.54) is 0 Å². The second-order valence-corrected chi connectivity index (χ2v) is 4.60. The van der Waals surface area contributed by atoms with E-state index >= 15 is 0 Å². The Kier molecular flexibility index (Phi) is 2.54. The van der Waals surface area contributed by atoms with Crippen LogP contribution in [0.3, 0.4) is 0 Å². The van der Waals surface area contributed by atoms with E-state index in [0.29, 0.717) is 0 Å². The highest BCUT2D eigenvalue weighted by Gasteiger charge is 2.38. The lowest BCUT2D eigenvalue weighted by atomic mass is 10.3. The topological polar surface area (TPSA) is 40.5 Å². The van der Waals surface area contributed by atoms with Crippen LogP contribution in [0.5, 0.6) is 0 Å². The summed E-state index contributed by atoms with van der Waals surface area (Å²) in [4.78, 5) is 0.0775. The number of halogens is 2. The summed E-state index contributed by atoms with van der Waals surface area (Å²) in [5.74, 6) is 0. The molecule has 1 saturated carbocycles. The van der Waals surface area contributed by atoms with Crippen LogP contribution in [0.15, 0.2) is 0 Å². The second-order valence-electron chi connectivity index (χ2n) is 2.25. The Morgan fingerprint density at radius 1 is 1.00 bits per heavy atom. The minimum atomic E-state index is -0.616. The molecule has 0 aliphatic heterocycles. The average Bonchev–Trinajstić information content (AvgIpc) is 1.98. The molecule has 0 bridgehead atoms. The van der Waals surface area contributed by atoms with Crippen LogP contribution in [0.2, 0.25) is 0 Å². The first-order chi connectivity index (χ1) is 4.13. The van der Waals surface area contributed by atoms with Crippen LogP contribution in [-0.2, 0) is 0 Å². The summed E-state index contributed by atoms with van der Waals surface area (Å²) < 4.78 is 0. The highest BCUT2D eigenvalue weighted by molar-refractivity contribution is 9.10. The minimum absolute atomic E-state index is 0.0388. The fourth-order valence-corrected chi connectivity index (χ4v) is 2.85. The summed E-state index contributed by atoms with van der Waals surface area (Å²) in [6, 6.07) is 0. The van der Waals surface area contributed by atoms with Crippen LogP contribution in [0.1, 0.15) is 6.42 Å². The Balaban J connectivity index is 2.54. The van der Waals surface area contributed by atoms with Crippen LogP contribution in [-0.4, -0.2) is 32.1 Å². The molecule has 0 heterocycles. The summed E-state index contributed by atoms with van der Waals surface area (Å²) in [7, 11) is 0. The maximum absolute atomic E-state index is 9.11. The Bertz CT molecular complexity index is 97.1. The van der Waals surface area contributed by atoms with E-state index in [1.807, 2.05) is 0 Å². The first-order valence-electron chi connectivity index (χ1n) is 2.77. The third kappa shape index (κ3) is 1.48. The molecule has 0 saturated heterocycles. The Labute approximate surface area is 70.5 Å². The minimum Gasteiger partial charge on any atom is -0.389 e. The lowest BCUT2D eigenvalue weighted by Crippen LogP contribution is -2.28. The van der Waals surface area contributed by atoms with Gasteiger partial charge in [0.2, 0.25) is 0 Å². The van der Waals surface area contributed by atoms with E-state index in [4.69, 9.17) is 10.2 Å². The van der Waals surface area contributed by atoms with Crippen LogP contribution in [0.25, 0.3) is 0 Å². The fraction of sp³-hybridized carbons (Fsp3) is 1.00. The molecule has 1 aliphatic rings. The van der Waals surface area contributed by atoms with Crippen molar-refractivity contribution in [3.8, 4) is 0 Å². The van der Waals surface area contributed by atoms with E-state index in [9.17, 15) is 0 Å². The summed E-state index contributed by atoms with van der Waals surface area (Å²) in [6.45, 7) is 0. The summed E-state index contributed by atoms with van der Waals surface area (Å²) >= 11 is 6.49. The molecule has 0 aromatic carbocycles.